The Bertz CT molecular complexity index is 884. The number of hydrogen-bond donors (Lipinski definition) is 2. The van der Waals surface area contributed by atoms with E-state index in [4.69, 9.17) is 9.47 Å². The summed E-state index contributed by atoms with van der Waals surface area (Å²) >= 11 is 0. The Balaban J connectivity index is 1.76. The van der Waals surface area contributed by atoms with Crippen molar-refractivity contribution in [2.24, 2.45) is 0 Å². The van der Waals surface area contributed by atoms with Gasteiger partial charge >= 0.3 is 0 Å². The van der Waals surface area contributed by atoms with E-state index in [-0.39, 0.29) is 12.3 Å². The van der Waals surface area contributed by atoms with Gasteiger partial charge in [0.25, 0.3) is 0 Å². The molecule has 0 bridgehead atoms. The molecule has 0 unspecified atom stereocenters. The first kappa shape index (κ1) is 17.5. The lowest BCUT2D eigenvalue weighted by Gasteiger charge is -2.08. The van der Waals surface area contributed by atoms with E-state index < -0.39 is 0 Å². The fourth-order valence-electron chi connectivity index (χ4n) is 2.70. The zero-order valence-corrected chi connectivity index (χ0v) is 15.0. The lowest BCUT2D eigenvalue weighted by atomic mass is 10.0. The maximum absolute atomic E-state index is 12.5. The van der Waals surface area contributed by atoms with E-state index in [1.165, 1.54) is 0 Å². The Morgan fingerprint density at radius 2 is 1.58 bits per heavy atom. The molecular weight excluding hydrogens is 330 g/mol. The van der Waals surface area contributed by atoms with Crippen molar-refractivity contribution in [2.75, 3.05) is 19.5 Å². The number of nitrogens with one attached hydrogen (secondary N) is 2. The number of rotatable bonds is 6. The molecule has 2 aromatic carbocycles. The molecule has 134 valence electrons. The number of H-pyrrole nitrogens is 1. The molecule has 1 heterocycles. The van der Waals surface area contributed by atoms with Gasteiger partial charge in [0.05, 0.1) is 26.3 Å². The molecule has 0 aliphatic heterocycles. The molecule has 1 amide bonds. The Hall–Kier alpha value is -3.28. The minimum absolute atomic E-state index is 0.102. The van der Waals surface area contributed by atoms with Gasteiger partial charge in [-0.2, -0.15) is 5.10 Å². The van der Waals surface area contributed by atoms with Crippen LogP contribution in [-0.2, 0) is 11.2 Å². The van der Waals surface area contributed by atoms with E-state index in [0.29, 0.717) is 0 Å². The number of ether oxygens (including phenoxy) is 2. The smallest absolute Gasteiger partial charge is 0.228 e. The number of benzene rings is 2. The van der Waals surface area contributed by atoms with E-state index in [1.807, 2.05) is 55.5 Å². The van der Waals surface area contributed by atoms with Crippen LogP contribution < -0.4 is 14.8 Å². The molecule has 0 saturated carbocycles. The first-order chi connectivity index (χ1) is 12.6. The van der Waals surface area contributed by atoms with Crippen LogP contribution in [0.15, 0.2) is 48.5 Å². The zero-order valence-electron chi connectivity index (χ0n) is 15.0. The van der Waals surface area contributed by atoms with Crippen LogP contribution in [0.1, 0.15) is 11.3 Å². The number of aryl methyl sites for hydroxylation is 1. The van der Waals surface area contributed by atoms with Crippen molar-refractivity contribution in [3.8, 4) is 22.8 Å². The first-order valence-electron chi connectivity index (χ1n) is 8.23. The third-order valence-electron chi connectivity index (χ3n) is 4.15. The minimum atomic E-state index is -0.102. The molecule has 1 aromatic heterocycles. The summed E-state index contributed by atoms with van der Waals surface area (Å²) in [5.41, 5.74) is 4.18. The molecule has 0 aliphatic rings. The second-order valence-electron chi connectivity index (χ2n) is 5.86. The monoisotopic (exact) mass is 351 g/mol. The molecule has 6 nitrogen and oxygen atoms in total. The summed E-state index contributed by atoms with van der Waals surface area (Å²) in [6.07, 6.45) is 0.232. The van der Waals surface area contributed by atoms with Gasteiger partial charge in [-0.15, -0.1) is 0 Å². The molecule has 2 N–H and O–H groups in total. The lowest BCUT2D eigenvalue weighted by molar-refractivity contribution is -0.115. The van der Waals surface area contributed by atoms with Gasteiger partial charge in [-0.05, 0) is 55.5 Å². The number of aromatic nitrogens is 2. The molecule has 0 radical (unpaired) electrons. The van der Waals surface area contributed by atoms with Crippen molar-refractivity contribution >= 4 is 11.6 Å². The van der Waals surface area contributed by atoms with Gasteiger partial charge in [-0.1, -0.05) is 0 Å². The second-order valence-corrected chi connectivity index (χ2v) is 5.86. The lowest BCUT2D eigenvalue weighted by Crippen LogP contribution is -2.15. The SMILES string of the molecule is COc1ccc(NC(=O)Cc2c(-c3ccc(OC)cc3)n[nH]c2C)cc1. The van der Waals surface area contributed by atoms with Crippen LogP contribution >= 0.6 is 0 Å². The second kappa shape index (κ2) is 7.74. The fourth-order valence-corrected chi connectivity index (χ4v) is 2.70. The Labute approximate surface area is 152 Å². The predicted octanol–water partition coefficient (Wildman–Crippen LogP) is 3.58. The van der Waals surface area contributed by atoms with E-state index in [1.54, 1.807) is 14.2 Å². The number of carbonyl (C=O) groups excluding carboxylic acids is 1. The highest BCUT2D eigenvalue weighted by atomic mass is 16.5. The standard InChI is InChI=1S/C20H21N3O3/c1-13-18(12-19(24)21-15-6-10-17(26-3)11-7-15)20(23-22-13)14-4-8-16(25-2)9-5-14/h4-11H,12H2,1-3H3,(H,21,24)(H,22,23). The van der Waals surface area contributed by atoms with Crippen LogP contribution in [0.3, 0.4) is 0 Å². The van der Waals surface area contributed by atoms with Crippen LogP contribution in [0.5, 0.6) is 11.5 Å². The van der Waals surface area contributed by atoms with Gasteiger partial charge < -0.3 is 14.8 Å². The van der Waals surface area contributed by atoms with E-state index >= 15 is 0 Å². The number of carbonyl (C=O) groups is 1. The maximum Gasteiger partial charge on any atom is 0.228 e. The van der Waals surface area contributed by atoms with Crippen LogP contribution in [0.2, 0.25) is 0 Å². The van der Waals surface area contributed by atoms with Gasteiger partial charge in [0, 0.05) is 22.5 Å². The molecule has 26 heavy (non-hydrogen) atoms. The van der Waals surface area contributed by atoms with Gasteiger partial charge in [-0.3, -0.25) is 9.89 Å². The molecule has 3 aromatic rings. The topological polar surface area (TPSA) is 76.2 Å². The van der Waals surface area contributed by atoms with Gasteiger partial charge in [0.1, 0.15) is 11.5 Å². The molecule has 0 fully saturated rings. The third-order valence-corrected chi connectivity index (χ3v) is 4.15. The normalized spacial score (nSPS) is 10.4. The van der Waals surface area contributed by atoms with Gasteiger partial charge in [-0.25, -0.2) is 0 Å². The highest BCUT2D eigenvalue weighted by Crippen LogP contribution is 2.26. The number of methoxy groups -OCH3 is 2. The van der Waals surface area contributed by atoms with Crippen LogP contribution in [0, 0.1) is 6.92 Å². The quantitative estimate of drug-likeness (QED) is 0.712. The Kier molecular flexibility index (Phi) is 5.22. The highest BCUT2D eigenvalue weighted by molar-refractivity contribution is 5.93. The van der Waals surface area contributed by atoms with Crippen LogP contribution in [0.4, 0.5) is 5.69 Å². The van der Waals surface area contributed by atoms with E-state index in [9.17, 15) is 4.79 Å². The Morgan fingerprint density at radius 1 is 1.00 bits per heavy atom. The average Bonchev–Trinajstić information content (AvgIpc) is 3.03. The molecule has 0 spiro atoms. The van der Waals surface area contributed by atoms with E-state index in [0.717, 1.165) is 39.7 Å². The highest BCUT2D eigenvalue weighted by Gasteiger charge is 2.16. The zero-order chi connectivity index (χ0) is 18.5. The summed E-state index contributed by atoms with van der Waals surface area (Å²) in [7, 11) is 3.23. The van der Waals surface area contributed by atoms with Crippen molar-refractivity contribution in [2.45, 2.75) is 13.3 Å². The number of amides is 1. The summed E-state index contributed by atoms with van der Waals surface area (Å²) < 4.78 is 10.3. The molecule has 0 aliphatic carbocycles. The van der Waals surface area contributed by atoms with Crippen molar-refractivity contribution in [1.82, 2.24) is 10.2 Å². The largest absolute Gasteiger partial charge is 0.497 e. The van der Waals surface area contributed by atoms with Crippen molar-refractivity contribution in [1.29, 1.82) is 0 Å². The Morgan fingerprint density at radius 3 is 2.15 bits per heavy atom. The summed E-state index contributed by atoms with van der Waals surface area (Å²) in [6.45, 7) is 1.91. The van der Waals surface area contributed by atoms with Crippen LogP contribution in [0.25, 0.3) is 11.3 Å². The van der Waals surface area contributed by atoms with Crippen molar-refractivity contribution in [3.63, 3.8) is 0 Å². The first-order valence-corrected chi connectivity index (χ1v) is 8.23. The van der Waals surface area contributed by atoms with Crippen molar-refractivity contribution < 1.29 is 14.3 Å². The molecule has 3 rings (SSSR count). The maximum atomic E-state index is 12.5. The van der Waals surface area contributed by atoms with Crippen LogP contribution in [-0.4, -0.2) is 30.3 Å². The molecule has 6 heteroatoms. The van der Waals surface area contributed by atoms with E-state index in [2.05, 4.69) is 15.5 Å². The fraction of sp³-hybridized carbons (Fsp3) is 0.200. The number of anilines is 1. The minimum Gasteiger partial charge on any atom is -0.497 e. The van der Waals surface area contributed by atoms with Crippen molar-refractivity contribution in [3.05, 3.63) is 59.8 Å². The summed E-state index contributed by atoms with van der Waals surface area (Å²) in [5.74, 6) is 1.42. The number of aromatic amines is 1. The summed E-state index contributed by atoms with van der Waals surface area (Å²) in [4.78, 5) is 12.5. The van der Waals surface area contributed by atoms with Gasteiger partial charge in [0.15, 0.2) is 0 Å². The predicted molar refractivity (Wildman–Crippen MR) is 101 cm³/mol. The summed E-state index contributed by atoms with van der Waals surface area (Å²) in [5, 5.41) is 10.2. The molecule has 0 atom stereocenters. The summed E-state index contributed by atoms with van der Waals surface area (Å²) in [6, 6.07) is 14.8. The average molecular weight is 351 g/mol. The number of nitrogens with zero attached hydrogens (tertiary/aromatic N) is 1. The molecular formula is C20H21N3O3. The third kappa shape index (κ3) is 3.85. The molecule has 0 saturated heterocycles. The van der Waals surface area contributed by atoms with Gasteiger partial charge in [0.2, 0.25) is 5.91 Å². The number of hydrogen-bond acceptors (Lipinski definition) is 4.